The Kier molecular flexibility index (Phi) is 14.0. The van der Waals surface area contributed by atoms with Gasteiger partial charge in [0.2, 0.25) is 0 Å². The van der Waals surface area contributed by atoms with Crippen molar-refractivity contribution in [2.75, 3.05) is 0 Å². The Bertz CT molecular complexity index is 1140. The second-order valence-corrected chi connectivity index (χ2v) is 17.3. The van der Waals surface area contributed by atoms with Gasteiger partial charge < -0.3 is 24.8 Å². The van der Waals surface area contributed by atoms with Gasteiger partial charge in [0.25, 0.3) is 0 Å². The molecule has 4 rings (SSSR count). The third-order valence-electron chi connectivity index (χ3n) is 5.21. The molecule has 0 radical (unpaired) electrons. The summed E-state index contributed by atoms with van der Waals surface area (Å²) in [5.41, 5.74) is 5.49. The number of hydrogen-bond donors (Lipinski definition) is 0. The van der Waals surface area contributed by atoms with Gasteiger partial charge in [0.1, 0.15) is 0 Å². The maximum atomic E-state index is 13.2. The van der Waals surface area contributed by atoms with Crippen molar-refractivity contribution >= 4 is 16.2 Å². The van der Waals surface area contributed by atoms with E-state index in [4.69, 9.17) is 0 Å². The zero-order valence-corrected chi connectivity index (χ0v) is 24.6. The van der Waals surface area contributed by atoms with Crippen LogP contribution >= 0.6 is 0 Å². The summed E-state index contributed by atoms with van der Waals surface area (Å²) >= 11 is 1.74. The predicted molar refractivity (Wildman–Crippen MR) is 122 cm³/mol. The second kappa shape index (κ2) is 14.4. The normalized spacial score (nSPS) is 14.3. The standard InChI is InChI=1S/C15H8F3.C9H13.C2H6Si.2ClH.Zr/c16-13-7-10(8-14(17)15(13)18)12-6-5-9-3-1-2-4-11(9)12;1-6-5-7(2)9(4)8(6)3;1-3-2;;;/h1-8H;6H,1-4H3;1-2H3;2*1H;/q2*-1;;;;+2/p-2. The number of fused-ring (bicyclic) bond motifs is 1. The molecular formula is C26H27Cl2F3SiZr-2. The molecule has 33 heavy (non-hydrogen) atoms. The molecule has 3 aromatic carbocycles. The van der Waals surface area contributed by atoms with Crippen molar-refractivity contribution in [1.29, 1.82) is 0 Å². The molecule has 3 aromatic rings. The third kappa shape index (κ3) is 8.62. The number of rotatable bonds is 1. The van der Waals surface area contributed by atoms with Gasteiger partial charge in [-0.3, -0.25) is 6.08 Å². The van der Waals surface area contributed by atoms with Crippen LogP contribution in [0, 0.1) is 29.4 Å². The summed E-state index contributed by atoms with van der Waals surface area (Å²) < 4.78 is 39.4. The van der Waals surface area contributed by atoms with Gasteiger partial charge in [0, 0.05) is 0 Å². The monoisotopic (exact) mass is 584 g/mol. The smallest absolute Gasteiger partial charge is 0.194 e. The van der Waals surface area contributed by atoms with Crippen molar-refractivity contribution in [2.45, 2.75) is 40.8 Å². The van der Waals surface area contributed by atoms with Gasteiger partial charge in [-0.05, 0) is 12.1 Å². The number of benzene rings is 2. The van der Waals surface area contributed by atoms with Crippen molar-refractivity contribution in [3.63, 3.8) is 0 Å². The minimum Gasteiger partial charge on any atom is -1.00 e. The zero-order chi connectivity index (χ0) is 23.3. The maximum absolute atomic E-state index is 13.2. The molecule has 0 aliphatic heterocycles. The van der Waals surface area contributed by atoms with Crippen LogP contribution < -0.4 is 24.8 Å². The Morgan fingerprint density at radius 2 is 1.48 bits per heavy atom. The van der Waals surface area contributed by atoms with Crippen LogP contribution in [0.5, 0.6) is 0 Å². The van der Waals surface area contributed by atoms with Crippen molar-refractivity contribution in [3.05, 3.63) is 88.8 Å². The first kappa shape index (κ1) is 32.0. The van der Waals surface area contributed by atoms with Crippen LogP contribution in [0.4, 0.5) is 13.2 Å². The molecule has 0 bridgehead atoms. The van der Waals surface area contributed by atoms with Gasteiger partial charge in [-0.1, -0.05) is 38.3 Å². The van der Waals surface area contributed by atoms with E-state index in [1.165, 1.54) is 16.7 Å². The van der Waals surface area contributed by atoms with E-state index in [0.717, 1.165) is 22.9 Å². The quantitative estimate of drug-likeness (QED) is 0.233. The summed E-state index contributed by atoms with van der Waals surface area (Å²) in [5.74, 6) is -3.22. The van der Waals surface area contributed by atoms with E-state index in [-0.39, 0.29) is 30.2 Å². The van der Waals surface area contributed by atoms with Crippen LogP contribution in [0.3, 0.4) is 0 Å². The Morgan fingerprint density at radius 3 is 1.91 bits per heavy atom. The third-order valence-corrected chi connectivity index (χ3v) is 5.21. The first-order valence-corrected chi connectivity index (χ1v) is 16.3. The average molecular weight is 587 g/mol. The first-order valence-electron chi connectivity index (χ1n) is 10.1. The van der Waals surface area contributed by atoms with Crippen LogP contribution in [-0.2, 0) is 23.3 Å². The molecule has 0 fully saturated rings. The topological polar surface area (TPSA) is 0 Å². The molecule has 0 saturated heterocycles. The molecule has 1 aliphatic carbocycles. The molecule has 0 nitrogen and oxygen atoms in total. The Morgan fingerprint density at radius 1 is 0.970 bits per heavy atom. The first-order chi connectivity index (χ1) is 14.5. The fourth-order valence-corrected chi connectivity index (χ4v) is 3.28. The number of hydrogen-bond acceptors (Lipinski definition) is 0. The largest absolute Gasteiger partial charge is 1.00 e. The molecule has 7 heteroatoms. The Labute approximate surface area is 222 Å². The SMILES string of the molecule is CC1=[C-]C(C)C(C)=C1C.C[Si](C)=[Zr+2].Fc1cc(-c2c[cH-]c3ccccc23)cc(F)c1F.[Cl-].[Cl-]. The molecule has 1 unspecified atom stereocenters. The Hall–Kier alpha value is -1.00. The zero-order valence-electron chi connectivity index (χ0n) is 19.6. The fraction of sp³-hybridized carbons (Fsp3) is 0.269. The van der Waals surface area contributed by atoms with Gasteiger partial charge in [0.15, 0.2) is 17.5 Å². The molecule has 1 aliphatic rings. The maximum Gasteiger partial charge on any atom is 0.194 e. The van der Waals surface area contributed by atoms with E-state index in [0.29, 0.717) is 17.0 Å². The predicted octanol–water partition coefficient (Wildman–Crippen LogP) is 2.16. The van der Waals surface area contributed by atoms with Crippen LogP contribution in [-0.4, -0.2) is 5.43 Å². The summed E-state index contributed by atoms with van der Waals surface area (Å²) in [5, 5.41) is 1.88. The molecular weight excluding hydrogens is 559 g/mol. The molecule has 1 atom stereocenters. The van der Waals surface area contributed by atoms with Crippen molar-refractivity contribution in [1.82, 2.24) is 0 Å². The van der Waals surface area contributed by atoms with Gasteiger partial charge in [-0.25, -0.2) is 18.7 Å². The van der Waals surface area contributed by atoms with Crippen LogP contribution in [0.2, 0.25) is 13.1 Å². The summed E-state index contributed by atoms with van der Waals surface area (Å²) in [6, 6.07) is 13.2. The van der Waals surface area contributed by atoms with E-state index in [9.17, 15) is 13.2 Å². The minimum absolute atomic E-state index is 0. The second-order valence-electron chi connectivity index (χ2n) is 7.89. The van der Waals surface area contributed by atoms with Crippen molar-refractivity contribution in [3.8, 4) is 11.1 Å². The molecule has 0 aromatic heterocycles. The van der Waals surface area contributed by atoms with Gasteiger partial charge in [-0.15, -0.1) is 53.6 Å². The van der Waals surface area contributed by atoms with Gasteiger partial charge in [-0.2, -0.15) is 11.1 Å². The number of allylic oxidation sites excluding steroid dienone is 4. The minimum atomic E-state index is -1.44. The summed E-state index contributed by atoms with van der Waals surface area (Å²) in [6.45, 7) is 13.3. The van der Waals surface area contributed by atoms with E-state index in [1.54, 1.807) is 29.4 Å². The average Bonchev–Trinajstić information content (AvgIpc) is 3.23. The molecule has 0 amide bonds. The molecule has 0 N–H and O–H groups in total. The van der Waals surface area contributed by atoms with Crippen molar-refractivity contribution in [2.24, 2.45) is 5.92 Å². The van der Waals surface area contributed by atoms with Gasteiger partial charge in [0.05, 0.1) is 0 Å². The van der Waals surface area contributed by atoms with Crippen LogP contribution in [0.1, 0.15) is 27.7 Å². The fourth-order valence-electron chi connectivity index (χ4n) is 3.28. The molecule has 0 saturated carbocycles. The van der Waals surface area contributed by atoms with E-state index >= 15 is 0 Å². The number of halogens is 5. The summed E-state index contributed by atoms with van der Waals surface area (Å²) in [6.07, 6.45) is 3.36. The molecule has 0 heterocycles. The van der Waals surface area contributed by atoms with Crippen LogP contribution in [0.25, 0.3) is 21.9 Å². The van der Waals surface area contributed by atoms with E-state index in [1.807, 2.05) is 30.3 Å². The summed E-state index contributed by atoms with van der Waals surface area (Å²) in [7, 11) is 0. The summed E-state index contributed by atoms with van der Waals surface area (Å²) in [4.78, 5) is 0. The molecule has 0 spiro atoms. The van der Waals surface area contributed by atoms with Crippen molar-refractivity contribution < 1.29 is 61.3 Å². The molecule has 176 valence electrons. The van der Waals surface area contributed by atoms with E-state index < -0.39 is 17.5 Å². The van der Waals surface area contributed by atoms with E-state index in [2.05, 4.69) is 46.9 Å². The Balaban J connectivity index is 0.000000580. The van der Waals surface area contributed by atoms with Crippen LogP contribution in [0.15, 0.2) is 65.3 Å². The van der Waals surface area contributed by atoms with Gasteiger partial charge >= 0.3 is 41.9 Å².